The molecule has 0 bridgehead atoms. The van der Waals surface area contributed by atoms with Gasteiger partial charge in [-0.3, -0.25) is 4.99 Å². The number of nitrogens with zero attached hydrogens (tertiary/aromatic N) is 2. The number of hydrogen-bond acceptors (Lipinski definition) is 4. The van der Waals surface area contributed by atoms with Crippen LogP contribution in [-0.2, 0) is 9.47 Å². The largest absolute Gasteiger partial charge is 0.381 e. The van der Waals surface area contributed by atoms with Gasteiger partial charge in [0.15, 0.2) is 5.96 Å². The van der Waals surface area contributed by atoms with Gasteiger partial charge in [0.1, 0.15) is 0 Å². The van der Waals surface area contributed by atoms with E-state index in [0.717, 1.165) is 77.8 Å². The zero-order valence-corrected chi connectivity index (χ0v) is 19.5. The Morgan fingerprint density at radius 1 is 1.11 bits per heavy atom. The van der Waals surface area contributed by atoms with Gasteiger partial charge in [-0.05, 0) is 58.0 Å². The van der Waals surface area contributed by atoms with Crippen LogP contribution in [0.2, 0.25) is 0 Å². The van der Waals surface area contributed by atoms with Crippen LogP contribution in [0, 0.1) is 5.92 Å². The summed E-state index contributed by atoms with van der Waals surface area (Å²) < 4.78 is 11.2. The van der Waals surface area contributed by atoms with Gasteiger partial charge < -0.3 is 25.0 Å². The van der Waals surface area contributed by atoms with E-state index in [1.807, 2.05) is 0 Å². The summed E-state index contributed by atoms with van der Waals surface area (Å²) in [4.78, 5) is 7.25. The van der Waals surface area contributed by atoms with Gasteiger partial charge in [0.05, 0.1) is 0 Å². The van der Waals surface area contributed by atoms with Crippen LogP contribution in [0.1, 0.15) is 51.9 Å². The van der Waals surface area contributed by atoms with Crippen LogP contribution in [0.4, 0.5) is 0 Å². The van der Waals surface area contributed by atoms with Crippen LogP contribution in [0.25, 0.3) is 0 Å². The zero-order valence-electron chi connectivity index (χ0n) is 17.2. The van der Waals surface area contributed by atoms with Crippen molar-refractivity contribution in [1.29, 1.82) is 0 Å². The van der Waals surface area contributed by atoms with E-state index >= 15 is 0 Å². The maximum absolute atomic E-state index is 5.81. The van der Waals surface area contributed by atoms with Crippen molar-refractivity contribution in [3.05, 3.63) is 0 Å². The van der Waals surface area contributed by atoms with Crippen molar-refractivity contribution >= 4 is 29.9 Å². The molecule has 0 aromatic rings. The quantitative estimate of drug-likeness (QED) is 0.211. The summed E-state index contributed by atoms with van der Waals surface area (Å²) in [6.45, 7) is 11.9. The van der Waals surface area contributed by atoms with Crippen molar-refractivity contribution in [2.24, 2.45) is 10.9 Å². The molecular weight excluding hydrogens is 455 g/mol. The van der Waals surface area contributed by atoms with Crippen molar-refractivity contribution in [1.82, 2.24) is 15.5 Å². The number of ether oxygens (including phenoxy) is 2. The van der Waals surface area contributed by atoms with Gasteiger partial charge in [0.25, 0.3) is 0 Å². The second-order valence-corrected chi connectivity index (χ2v) is 7.43. The van der Waals surface area contributed by atoms with Crippen molar-refractivity contribution in [2.75, 3.05) is 65.7 Å². The van der Waals surface area contributed by atoms with Crippen LogP contribution in [0.15, 0.2) is 4.99 Å². The second kappa shape index (κ2) is 16.8. The molecule has 0 aliphatic carbocycles. The van der Waals surface area contributed by atoms with Crippen LogP contribution in [0.5, 0.6) is 0 Å². The zero-order chi connectivity index (χ0) is 18.3. The summed E-state index contributed by atoms with van der Waals surface area (Å²) in [7, 11) is 0. The monoisotopic (exact) mass is 496 g/mol. The molecule has 0 radical (unpaired) electrons. The molecule has 2 rings (SSSR count). The van der Waals surface area contributed by atoms with Gasteiger partial charge in [0, 0.05) is 52.6 Å². The van der Waals surface area contributed by atoms with Crippen molar-refractivity contribution < 1.29 is 9.47 Å². The molecule has 2 aliphatic heterocycles. The smallest absolute Gasteiger partial charge is 0.191 e. The lowest BCUT2D eigenvalue weighted by Crippen LogP contribution is -2.42. The van der Waals surface area contributed by atoms with Crippen LogP contribution in [-0.4, -0.2) is 76.6 Å². The van der Waals surface area contributed by atoms with E-state index in [9.17, 15) is 0 Å². The first-order chi connectivity index (χ1) is 12.9. The number of aliphatic imine (C=N–C) groups is 1. The highest BCUT2D eigenvalue weighted by molar-refractivity contribution is 14.0. The Hall–Kier alpha value is -0.120. The Morgan fingerprint density at radius 3 is 2.56 bits per heavy atom. The molecule has 27 heavy (non-hydrogen) atoms. The van der Waals surface area contributed by atoms with Crippen molar-refractivity contribution in [2.45, 2.75) is 51.9 Å². The molecule has 0 saturated carbocycles. The minimum Gasteiger partial charge on any atom is -0.381 e. The van der Waals surface area contributed by atoms with Gasteiger partial charge in [-0.2, -0.15) is 0 Å². The first-order valence-electron chi connectivity index (χ1n) is 10.8. The summed E-state index contributed by atoms with van der Waals surface area (Å²) in [5.74, 6) is 1.62. The molecule has 2 N–H and O–H groups in total. The molecule has 2 fully saturated rings. The maximum atomic E-state index is 5.81. The minimum absolute atomic E-state index is 0. The molecule has 0 unspecified atom stereocenters. The lowest BCUT2D eigenvalue weighted by atomic mass is 10.0. The van der Waals surface area contributed by atoms with E-state index in [2.05, 4.69) is 27.4 Å². The number of halogens is 1. The van der Waals surface area contributed by atoms with E-state index in [1.165, 1.54) is 38.8 Å². The van der Waals surface area contributed by atoms with E-state index in [1.54, 1.807) is 0 Å². The third-order valence-electron chi connectivity index (χ3n) is 5.17. The van der Waals surface area contributed by atoms with E-state index < -0.39 is 0 Å². The third kappa shape index (κ3) is 12.1. The fourth-order valence-electron chi connectivity index (χ4n) is 3.55. The normalized spacial score (nSPS) is 20.0. The lowest BCUT2D eigenvalue weighted by molar-refractivity contribution is 0.0205. The Labute approximate surface area is 183 Å². The highest BCUT2D eigenvalue weighted by Crippen LogP contribution is 2.14. The molecule has 0 spiro atoms. The van der Waals surface area contributed by atoms with Crippen LogP contribution < -0.4 is 10.6 Å². The summed E-state index contributed by atoms with van der Waals surface area (Å²) in [6, 6.07) is 0. The van der Waals surface area contributed by atoms with Gasteiger partial charge in [-0.15, -0.1) is 24.0 Å². The summed E-state index contributed by atoms with van der Waals surface area (Å²) in [6.07, 6.45) is 8.75. The predicted octanol–water partition coefficient (Wildman–Crippen LogP) is 2.87. The second-order valence-electron chi connectivity index (χ2n) is 7.43. The van der Waals surface area contributed by atoms with E-state index in [4.69, 9.17) is 9.47 Å². The molecule has 2 aliphatic rings. The molecule has 2 heterocycles. The molecular formula is C20H41IN4O2. The van der Waals surface area contributed by atoms with Crippen molar-refractivity contribution in [3.63, 3.8) is 0 Å². The molecule has 0 aromatic heterocycles. The standard InChI is InChI=1S/C20H40N4O2.HI/c1-2-21-20(23-11-14-24-12-5-3-4-6-13-24)22-10-7-15-26-18-19-8-16-25-17-9-19;/h19H,2-18H2,1H3,(H2,21,22,23);1H. The molecule has 160 valence electrons. The summed E-state index contributed by atoms with van der Waals surface area (Å²) in [5, 5.41) is 6.81. The lowest BCUT2D eigenvalue weighted by Gasteiger charge is -2.21. The molecule has 0 atom stereocenters. The Bertz CT molecular complexity index is 371. The SMILES string of the molecule is CCNC(=NCCCOCC1CCOCC1)NCCN1CCCCCC1.I. The molecule has 6 nitrogen and oxygen atoms in total. The van der Waals surface area contributed by atoms with E-state index in [0.29, 0.717) is 5.92 Å². The maximum Gasteiger partial charge on any atom is 0.191 e. The average Bonchev–Trinajstić information content (AvgIpc) is 2.94. The Balaban J connectivity index is 0.00000364. The fraction of sp³-hybridized carbons (Fsp3) is 0.950. The predicted molar refractivity (Wildman–Crippen MR) is 123 cm³/mol. The third-order valence-corrected chi connectivity index (χ3v) is 5.17. The highest BCUT2D eigenvalue weighted by Gasteiger charge is 2.13. The Kier molecular flexibility index (Phi) is 15.5. The van der Waals surface area contributed by atoms with E-state index in [-0.39, 0.29) is 24.0 Å². The fourth-order valence-corrected chi connectivity index (χ4v) is 3.55. The summed E-state index contributed by atoms with van der Waals surface area (Å²) in [5.41, 5.74) is 0. The Morgan fingerprint density at radius 2 is 1.85 bits per heavy atom. The number of nitrogens with one attached hydrogen (secondary N) is 2. The highest BCUT2D eigenvalue weighted by atomic mass is 127. The first-order valence-corrected chi connectivity index (χ1v) is 10.8. The average molecular weight is 496 g/mol. The van der Waals surface area contributed by atoms with Gasteiger partial charge in [-0.25, -0.2) is 0 Å². The topological polar surface area (TPSA) is 58.1 Å². The number of hydrogen-bond donors (Lipinski definition) is 2. The number of likely N-dealkylation sites (tertiary alicyclic amines) is 1. The first kappa shape index (κ1) is 24.9. The number of rotatable bonds is 10. The van der Waals surface area contributed by atoms with Crippen LogP contribution in [0.3, 0.4) is 0 Å². The minimum atomic E-state index is 0. The molecule has 0 aromatic carbocycles. The molecule has 2 saturated heterocycles. The molecule has 7 heteroatoms. The van der Waals surface area contributed by atoms with Gasteiger partial charge >= 0.3 is 0 Å². The number of guanidine groups is 1. The van der Waals surface area contributed by atoms with Gasteiger partial charge in [-0.1, -0.05) is 12.8 Å². The van der Waals surface area contributed by atoms with Crippen LogP contribution >= 0.6 is 24.0 Å². The van der Waals surface area contributed by atoms with Crippen molar-refractivity contribution in [3.8, 4) is 0 Å². The summed E-state index contributed by atoms with van der Waals surface area (Å²) >= 11 is 0. The molecule has 0 amide bonds. The van der Waals surface area contributed by atoms with Gasteiger partial charge in [0.2, 0.25) is 0 Å².